The normalized spacial score (nSPS) is 25.2. The highest BCUT2D eigenvalue weighted by Gasteiger charge is 2.65. The number of carbonyl (C=O) groups is 3. The highest BCUT2D eigenvalue weighted by atomic mass is 35.5. The molecule has 9 heteroatoms. The van der Waals surface area contributed by atoms with E-state index in [0.29, 0.717) is 42.4 Å². The number of anilines is 2. The molecule has 0 saturated heterocycles. The zero-order valence-electron chi connectivity index (χ0n) is 25.9. The molecule has 7 nitrogen and oxygen atoms in total. The van der Waals surface area contributed by atoms with Crippen LogP contribution < -0.4 is 14.5 Å². The van der Waals surface area contributed by atoms with Gasteiger partial charge in [-0.05, 0) is 52.0 Å². The van der Waals surface area contributed by atoms with Crippen LogP contribution in [-0.4, -0.2) is 48.2 Å². The van der Waals surface area contributed by atoms with Gasteiger partial charge in [0.2, 0.25) is 12.3 Å². The molecule has 0 radical (unpaired) electrons. The Morgan fingerprint density at radius 1 is 0.891 bits per heavy atom. The summed E-state index contributed by atoms with van der Waals surface area (Å²) < 4.78 is 5.30. The monoisotopic (exact) mass is 658 g/mol. The molecule has 0 aromatic heterocycles. The van der Waals surface area contributed by atoms with E-state index in [2.05, 4.69) is 6.92 Å². The number of ether oxygens (including phenoxy) is 1. The minimum Gasteiger partial charge on any atom is -0.507 e. The van der Waals surface area contributed by atoms with Crippen LogP contribution in [0.3, 0.4) is 0 Å². The summed E-state index contributed by atoms with van der Waals surface area (Å²) in [5, 5.41) is 14.1. The van der Waals surface area contributed by atoms with Crippen molar-refractivity contribution in [3.63, 3.8) is 0 Å². The van der Waals surface area contributed by atoms with Gasteiger partial charge in [0.25, 0.3) is 0 Å². The molecule has 0 spiro atoms. The van der Waals surface area contributed by atoms with Gasteiger partial charge < -0.3 is 19.6 Å². The van der Waals surface area contributed by atoms with Crippen molar-refractivity contribution in [2.45, 2.75) is 51.4 Å². The number of phenolic OH excluding ortho intramolecular Hbond substituents is 1. The van der Waals surface area contributed by atoms with Crippen LogP contribution in [0.25, 0.3) is 21.5 Å². The molecule has 3 aliphatic carbocycles. The van der Waals surface area contributed by atoms with E-state index in [0.717, 1.165) is 50.5 Å². The summed E-state index contributed by atoms with van der Waals surface area (Å²) in [5.74, 6) is 1.64. The largest absolute Gasteiger partial charge is 0.507 e. The summed E-state index contributed by atoms with van der Waals surface area (Å²) >= 11 is 12.3. The average molecular weight is 660 g/mol. The van der Waals surface area contributed by atoms with Gasteiger partial charge >= 0.3 is 5.97 Å². The van der Waals surface area contributed by atoms with Crippen molar-refractivity contribution in [2.75, 3.05) is 34.6 Å². The van der Waals surface area contributed by atoms with Crippen LogP contribution in [0.1, 0.15) is 62.5 Å². The lowest BCUT2D eigenvalue weighted by molar-refractivity contribution is -0.195. The van der Waals surface area contributed by atoms with Crippen molar-refractivity contribution in [3.8, 4) is 11.5 Å². The third-order valence-corrected chi connectivity index (χ3v) is 11.0. The molecule has 5 aliphatic rings. The highest BCUT2D eigenvalue weighted by Crippen LogP contribution is 2.74. The molecule has 2 aliphatic heterocycles. The number of halogens is 2. The molecule has 3 fully saturated rings. The maximum atomic E-state index is 13.1. The van der Waals surface area contributed by atoms with Gasteiger partial charge in [0.15, 0.2) is 0 Å². The lowest BCUT2D eigenvalue weighted by Crippen LogP contribution is -2.61. The van der Waals surface area contributed by atoms with Crippen molar-refractivity contribution < 1.29 is 24.2 Å². The zero-order valence-corrected chi connectivity index (χ0v) is 27.4. The van der Waals surface area contributed by atoms with E-state index in [1.54, 1.807) is 17.0 Å². The summed E-state index contributed by atoms with van der Waals surface area (Å²) in [4.78, 5) is 39.1. The summed E-state index contributed by atoms with van der Waals surface area (Å²) in [6, 6.07) is 19.0. The van der Waals surface area contributed by atoms with Crippen molar-refractivity contribution in [2.24, 2.45) is 10.8 Å². The molecule has 3 saturated carbocycles. The molecular weight excluding hydrogens is 623 g/mol. The van der Waals surface area contributed by atoms with Gasteiger partial charge in [-0.15, -0.1) is 23.2 Å². The molecule has 2 heterocycles. The number of nitrogens with zero attached hydrogens (tertiary/aromatic N) is 2. The Morgan fingerprint density at radius 3 is 2.04 bits per heavy atom. The molecule has 238 valence electrons. The van der Waals surface area contributed by atoms with Crippen LogP contribution in [0, 0.1) is 10.8 Å². The van der Waals surface area contributed by atoms with Crippen molar-refractivity contribution in [1.29, 1.82) is 0 Å². The summed E-state index contributed by atoms with van der Waals surface area (Å²) in [6.45, 7) is 4.85. The zero-order chi connectivity index (χ0) is 32.4. The first-order chi connectivity index (χ1) is 22.1. The molecule has 4 aromatic rings. The van der Waals surface area contributed by atoms with Gasteiger partial charge in [-0.1, -0.05) is 55.5 Å². The lowest BCUT2D eigenvalue weighted by Gasteiger charge is -2.70. The number of esters is 1. The Bertz CT molecular complexity index is 1890. The second-order valence-electron chi connectivity index (χ2n) is 13.8. The van der Waals surface area contributed by atoms with E-state index in [1.807, 2.05) is 53.4 Å². The van der Waals surface area contributed by atoms with Crippen LogP contribution in [0.15, 0.2) is 60.7 Å². The van der Waals surface area contributed by atoms with E-state index in [4.69, 9.17) is 27.9 Å². The molecule has 46 heavy (non-hydrogen) atoms. The smallest absolute Gasteiger partial charge is 0.308 e. The van der Waals surface area contributed by atoms with Gasteiger partial charge in [0, 0.05) is 72.9 Å². The summed E-state index contributed by atoms with van der Waals surface area (Å²) in [5.41, 5.74) is 4.54. The number of benzene rings is 4. The van der Waals surface area contributed by atoms with Crippen LogP contribution in [-0.2, 0) is 14.4 Å². The molecular formula is C37H36Cl2N2O5. The predicted octanol–water partition coefficient (Wildman–Crippen LogP) is 7.86. The predicted molar refractivity (Wildman–Crippen MR) is 183 cm³/mol. The van der Waals surface area contributed by atoms with Gasteiger partial charge in [-0.3, -0.25) is 14.4 Å². The number of aromatic hydroxyl groups is 1. The van der Waals surface area contributed by atoms with Crippen molar-refractivity contribution in [3.05, 3.63) is 71.8 Å². The second-order valence-corrected chi connectivity index (χ2v) is 14.4. The van der Waals surface area contributed by atoms with Crippen LogP contribution >= 0.6 is 23.2 Å². The minimum atomic E-state index is -0.385. The van der Waals surface area contributed by atoms with Crippen molar-refractivity contribution >= 4 is 74.4 Å². The number of hydrogen-bond donors (Lipinski definition) is 1. The number of fused-ring (bicyclic) bond motifs is 6. The Labute approximate surface area is 278 Å². The van der Waals surface area contributed by atoms with Gasteiger partial charge in [0.05, 0.1) is 11.4 Å². The Kier molecular flexibility index (Phi) is 7.68. The Hall–Kier alpha value is -3.81. The maximum Gasteiger partial charge on any atom is 0.308 e. The third kappa shape index (κ3) is 4.99. The fourth-order valence-corrected chi connectivity index (χ4v) is 9.37. The number of carbonyl (C=O) groups excluding carboxylic acids is 3. The molecule has 2 bridgehead atoms. The van der Waals surface area contributed by atoms with E-state index in [9.17, 15) is 19.5 Å². The van der Waals surface area contributed by atoms with Gasteiger partial charge in [-0.2, -0.15) is 0 Å². The fraction of sp³-hybridized carbons (Fsp3) is 0.378. The molecule has 9 rings (SSSR count). The second kappa shape index (κ2) is 11.5. The number of alkyl halides is 2. The lowest BCUT2D eigenvalue weighted by atomic mass is 9.35. The highest BCUT2D eigenvalue weighted by molar-refractivity contribution is 6.19. The van der Waals surface area contributed by atoms with Gasteiger partial charge in [0.1, 0.15) is 11.5 Å². The third-order valence-electron chi connectivity index (χ3n) is 10.3. The first-order valence-electron chi connectivity index (χ1n) is 15.7. The van der Waals surface area contributed by atoms with Crippen molar-refractivity contribution in [1.82, 2.24) is 0 Å². The quantitative estimate of drug-likeness (QED) is 0.0986. The van der Waals surface area contributed by atoms with E-state index < -0.39 is 0 Å². The average Bonchev–Trinajstić information content (AvgIpc) is 3.58. The maximum absolute atomic E-state index is 13.1. The number of amides is 2. The standard InChI is InChI=1S/C21H22ClNO2.C16H14ClNO3/c1-20-10-21(11-20,12-20)7-18(25)23-9-13(8-22)19-15-5-3-2-4-14(15)17(24)6-16(19)23;1-10(20)21-15-6-14-16(11(7-17)8-18(14)9-19)13-5-3-2-4-12(13)15/h2-6,13,24H,7-12H2,1H3;2-6,9,11H,7-8H2,1H3. The first kappa shape index (κ1) is 30.8. The molecule has 2 amide bonds. The number of hydrogen-bond acceptors (Lipinski definition) is 5. The van der Waals surface area contributed by atoms with Crippen LogP contribution in [0.5, 0.6) is 11.5 Å². The minimum absolute atomic E-state index is 0.0862. The molecule has 2 atom stereocenters. The van der Waals surface area contributed by atoms with E-state index >= 15 is 0 Å². The van der Waals surface area contributed by atoms with Crippen LogP contribution in [0.2, 0.25) is 0 Å². The fourth-order valence-electron chi connectivity index (χ4n) is 8.86. The Morgan fingerprint density at radius 2 is 1.46 bits per heavy atom. The summed E-state index contributed by atoms with van der Waals surface area (Å²) in [6.07, 6.45) is 4.99. The number of rotatable bonds is 6. The van der Waals surface area contributed by atoms with E-state index in [-0.39, 0.29) is 34.9 Å². The Balaban J connectivity index is 0.000000150. The summed E-state index contributed by atoms with van der Waals surface area (Å²) in [7, 11) is 0. The molecule has 2 unspecified atom stereocenters. The SMILES string of the molecule is CC(=O)Oc1cc2c(c3ccccc13)C(CCl)CN2C=O.CC12CC(CC(=O)N3CC(CCl)c4c3cc(O)c3ccccc43)(C1)C2. The van der Waals surface area contributed by atoms with Gasteiger partial charge in [-0.25, -0.2) is 0 Å². The van der Waals surface area contributed by atoms with E-state index in [1.165, 1.54) is 26.2 Å². The van der Waals surface area contributed by atoms with Crippen LogP contribution in [0.4, 0.5) is 11.4 Å². The molecule has 4 aromatic carbocycles. The molecule has 1 N–H and O–H groups in total. The number of phenols is 1. The first-order valence-corrected chi connectivity index (χ1v) is 16.8. The topological polar surface area (TPSA) is 87.2 Å².